The Hall–Kier alpha value is -0.650. The standard InChI is InChI=1S/C18H34N4O/c1-3-18(23)19-17-13-16-12-15(17)14-22(16)7-5-6-21-10-8-20(4-2)9-11-21/h15-17H,3-14H2,1-2H3,(H,19,23). The molecule has 3 aliphatic rings. The van der Waals surface area contributed by atoms with Crippen LogP contribution in [0.1, 0.15) is 39.5 Å². The summed E-state index contributed by atoms with van der Waals surface area (Å²) in [5.74, 6) is 0.920. The van der Waals surface area contributed by atoms with Crippen LogP contribution in [0.25, 0.3) is 0 Å². The lowest BCUT2D eigenvalue weighted by Crippen LogP contribution is -2.48. The second-order valence-corrected chi connectivity index (χ2v) is 7.54. The molecule has 1 saturated carbocycles. The van der Waals surface area contributed by atoms with Crippen molar-refractivity contribution in [2.75, 3.05) is 52.4 Å². The zero-order valence-electron chi connectivity index (χ0n) is 15.0. The van der Waals surface area contributed by atoms with E-state index in [9.17, 15) is 4.79 Å². The number of likely N-dealkylation sites (tertiary alicyclic amines) is 1. The summed E-state index contributed by atoms with van der Waals surface area (Å²) in [6.07, 6.45) is 4.37. The Kier molecular flexibility index (Phi) is 5.94. The highest BCUT2D eigenvalue weighted by Gasteiger charge is 2.44. The van der Waals surface area contributed by atoms with Gasteiger partial charge >= 0.3 is 0 Å². The molecule has 0 aromatic rings. The number of fused-ring (bicyclic) bond motifs is 2. The maximum Gasteiger partial charge on any atom is 0.219 e. The topological polar surface area (TPSA) is 38.8 Å². The van der Waals surface area contributed by atoms with Crippen LogP contribution in [0, 0.1) is 5.92 Å². The first-order valence-electron chi connectivity index (χ1n) is 9.67. The number of rotatable bonds is 7. The van der Waals surface area contributed by atoms with Gasteiger partial charge in [0.25, 0.3) is 0 Å². The maximum absolute atomic E-state index is 11.6. The number of nitrogens with zero attached hydrogens (tertiary/aromatic N) is 3. The van der Waals surface area contributed by atoms with Crippen LogP contribution in [0.3, 0.4) is 0 Å². The molecular formula is C18H34N4O. The summed E-state index contributed by atoms with van der Waals surface area (Å²) < 4.78 is 0. The molecule has 0 aromatic heterocycles. The molecule has 2 saturated heterocycles. The molecule has 3 fully saturated rings. The molecule has 5 heteroatoms. The molecule has 132 valence electrons. The second-order valence-electron chi connectivity index (χ2n) is 7.54. The van der Waals surface area contributed by atoms with Gasteiger partial charge in [0.2, 0.25) is 5.91 Å². The Bertz CT molecular complexity index is 394. The van der Waals surface area contributed by atoms with Gasteiger partial charge in [-0.1, -0.05) is 13.8 Å². The summed E-state index contributed by atoms with van der Waals surface area (Å²) in [7, 11) is 0. The van der Waals surface area contributed by atoms with Crippen LogP contribution >= 0.6 is 0 Å². The lowest BCUT2D eigenvalue weighted by Gasteiger charge is -2.35. The Morgan fingerprint density at radius 2 is 1.78 bits per heavy atom. The second kappa shape index (κ2) is 7.95. The highest BCUT2D eigenvalue weighted by Crippen LogP contribution is 2.37. The number of piperazine rings is 1. The van der Waals surface area contributed by atoms with E-state index in [0.29, 0.717) is 18.4 Å². The van der Waals surface area contributed by atoms with Gasteiger partial charge in [-0.2, -0.15) is 0 Å². The van der Waals surface area contributed by atoms with E-state index in [4.69, 9.17) is 0 Å². The molecule has 5 nitrogen and oxygen atoms in total. The van der Waals surface area contributed by atoms with Gasteiger partial charge in [0.15, 0.2) is 0 Å². The minimum atomic E-state index is 0.223. The fraction of sp³-hybridized carbons (Fsp3) is 0.944. The van der Waals surface area contributed by atoms with E-state index in [0.717, 1.165) is 6.04 Å². The molecule has 2 aliphatic heterocycles. The molecular weight excluding hydrogens is 288 g/mol. The smallest absolute Gasteiger partial charge is 0.219 e. The minimum absolute atomic E-state index is 0.223. The first-order valence-corrected chi connectivity index (χ1v) is 9.67. The van der Waals surface area contributed by atoms with Gasteiger partial charge in [-0.15, -0.1) is 0 Å². The van der Waals surface area contributed by atoms with Crippen molar-refractivity contribution >= 4 is 5.91 Å². The van der Waals surface area contributed by atoms with Crippen molar-refractivity contribution in [3.8, 4) is 0 Å². The molecule has 3 rings (SSSR count). The summed E-state index contributed by atoms with van der Waals surface area (Å²) in [5.41, 5.74) is 0. The third kappa shape index (κ3) is 4.25. The highest BCUT2D eigenvalue weighted by molar-refractivity contribution is 5.75. The van der Waals surface area contributed by atoms with Gasteiger partial charge in [-0.3, -0.25) is 9.69 Å². The Balaban J connectivity index is 1.32. The van der Waals surface area contributed by atoms with E-state index < -0.39 is 0 Å². The van der Waals surface area contributed by atoms with E-state index in [2.05, 4.69) is 26.9 Å². The summed E-state index contributed by atoms with van der Waals surface area (Å²) in [6.45, 7) is 14.0. The highest BCUT2D eigenvalue weighted by atomic mass is 16.1. The van der Waals surface area contributed by atoms with E-state index in [1.54, 1.807) is 0 Å². The lowest BCUT2D eigenvalue weighted by atomic mass is 10.0. The summed E-state index contributed by atoms with van der Waals surface area (Å²) in [5, 5.41) is 3.22. The number of carbonyl (C=O) groups is 1. The Labute approximate surface area is 141 Å². The number of piperidine rings is 1. The third-order valence-electron chi connectivity index (χ3n) is 6.15. The summed E-state index contributed by atoms with van der Waals surface area (Å²) in [6, 6.07) is 1.17. The lowest BCUT2D eigenvalue weighted by molar-refractivity contribution is -0.121. The van der Waals surface area contributed by atoms with Crippen LogP contribution in [0.4, 0.5) is 0 Å². The predicted molar refractivity (Wildman–Crippen MR) is 93.5 cm³/mol. The van der Waals surface area contributed by atoms with Crippen molar-refractivity contribution in [2.45, 2.75) is 51.6 Å². The van der Waals surface area contributed by atoms with Gasteiger partial charge < -0.3 is 15.1 Å². The fourth-order valence-corrected chi connectivity index (χ4v) is 4.63. The number of hydrogen-bond acceptors (Lipinski definition) is 4. The van der Waals surface area contributed by atoms with Gasteiger partial charge in [-0.25, -0.2) is 0 Å². The molecule has 1 amide bonds. The minimum Gasteiger partial charge on any atom is -0.353 e. The van der Waals surface area contributed by atoms with Gasteiger partial charge in [0.05, 0.1) is 0 Å². The van der Waals surface area contributed by atoms with Crippen LogP contribution in [-0.2, 0) is 4.79 Å². The van der Waals surface area contributed by atoms with Gasteiger partial charge in [0, 0.05) is 51.2 Å². The average Bonchev–Trinajstić information content (AvgIpc) is 3.15. The van der Waals surface area contributed by atoms with Crippen molar-refractivity contribution < 1.29 is 4.79 Å². The monoisotopic (exact) mass is 322 g/mol. The quantitative estimate of drug-likeness (QED) is 0.759. The largest absolute Gasteiger partial charge is 0.353 e. The summed E-state index contributed by atoms with van der Waals surface area (Å²) in [4.78, 5) is 19.4. The number of carbonyl (C=O) groups excluding carboxylic acids is 1. The zero-order valence-corrected chi connectivity index (χ0v) is 15.0. The molecule has 1 aliphatic carbocycles. The SMILES string of the molecule is CCC(=O)NC1CC2CC1CN2CCCN1CCN(CC)CC1. The number of nitrogens with one attached hydrogen (secondary N) is 1. The number of likely N-dealkylation sites (N-methyl/N-ethyl adjacent to an activating group) is 1. The Morgan fingerprint density at radius 1 is 1.04 bits per heavy atom. The molecule has 2 bridgehead atoms. The molecule has 2 heterocycles. The summed E-state index contributed by atoms with van der Waals surface area (Å²) >= 11 is 0. The van der Waals surface area contributed by atoms with Crippen LogP contribution in [-0.4, -0.2) is 85.0 Å². The van der Waals surface area contributed by atoms with Crippen molar-refractivity contribution in [1.29, 1.82) is 0 Å². The number of amides is 1. The molecule has 23 heavy (non-hydrogen) atoms. The van der Waals surface area contributed by atoms with Crippen LogP contribution in [0.5, 0.6) is 0 Å². The Morgan fingerprint density at radius 3 is 2.39 bits per heavy atom. The van der Waals surface area contributed by atoms with Crippen molar-refractivity contribution in [2.24, 2.45) is 5.92 Å². The molecule has 0 aromatic carbocycles. The van der Waals surface area contributed by atoms with Crippen molar-refractivity contribution in [1.82, 2.24) is 20.0 Å². The normalized spacial score (nSPS) is 32.5. The van der Waals surface area contributed by atoms with E-state index >= 15 is 0 Å². The van der Waals surface area contributed by atoms with Gasteiger partial charge in [0.1, 0.15) is 0 Å². The molecule has 0 radical (unpaired) electrons. The predicted octanol–water partition coefficient (Wildman–Crippen LogP) is 1.00. The van der Waals surface area contributed by atoms with Crippen LogP contribution < -0.4 is 5.32 Å². The van der Waals surface area contributed by atoms with Crippen LogP contribution in [0.15, 0.2) is 0 Å². The zero-order chi connectivity index (χ0) is 16.2. The maximum atomic E-state index is 11.6. The van der Waals surface area contributed by atoms with Gasteiger partial charge in [-0.05, 0) is 44.8 Å². The average molecular weight is 322 g/mol. The molecule has 3 unspecified atom stereocenters. The number of hydrogen-bond donors (Lipinski definition) is 1. The molecule has 0 spiro atoms. The van der Waals surface area contributed by atoms with E-state index in [1.807, 2.05) is 6.92 Å². The van der Waals surface area contributed by atoms with E-state index in [1.165, 1.54) is 71.6 Å². The first-order chi connectivity index (χ1) is 11.2. The molecule has 1 N–H and O–H groups in total. The fourth-order valence-electron chi connectivity index (χ4n) is 4.63. The van der Waals surface area contributed by atoms with E-state index in [-0.39, 0.29) is 5.91 Å². The third-order valence-corrected chi connectivity index (χ3v) is 6.15. The first kappa shape index (κ1) is 17.2. The van der Waals surface area contributed by atoms with Crippen LogP contribution in [0.2, 0.25) is 0 Å². The van der Waals surface area contributed by atoms with Crippen molar-refractivity contribution in [3.05, 3.63) is 0 Å². The van der Waals surface area contributed by atoms with Crippen molar-refractivity contribution in [3.63, 3.8) is 0 Å². The molecule has 3 atom stereocenters.